The maximum Gasteiger partial charge on any atom is 0.312 e. The maximum atomic E-state index is 11.9. The summed E-state index contributed by atoms with van der Waals surface area (Å²) in [6.07, 6.45) is 4.65. The zero-order valence-electron chi connectivity index (χ0n) is 10.8. The van der Waals surface area contributed by atoms with Crippen LogP contribution in [0, 0.1) is 0 Å². The molecule has 0 aromatic rings. The van der Waals surface area contributed by atoms with Crippen LogP contribution in [0.2, 0.25) is 0 Å². The molecule has 0 saturated carbocycles. The number of amides is 3. The average Bonchev–Trinajstić information content (AvgIpc) is 2.72. The SMILES string of the molecule is CC(NC(N)=O)C(=O)NC1CCN2CCCCC12. The number of nitrogens with two attached hydrogens (primary N) is 1. The summed E-state index contributed by atoms with van der Waals surface area (Å²) in [6.45, 7) is 3.85. The number of urea groups is 1. The van der Waals surface area contributed by atoms with Crippen molar-refractivity contribution in [3.05, 3.63) is 0 Å². The molecule has 0 bridgehead atoms. The lowest BCUT2D eigenvalue weighted by atomic mass is 9.99. The molecule has 102 valence electrons. The average molecular weight is 254 g/mol. The quantitative estimate of drug-likeness (QED) is 0.651. The largest absolute Gasteiger partial charge is 0.352 e. The predicted octanol–water partition coefficient (Wildman–Crippen LogP) is -0.214. The molecule has 2 aliphatic rings. The topological polar surface area (TPSA) is 87.5 Å². The van der Waals surface area contributed by atoms with E-state index in [2.05, 4.69) is 15.5 Å². The van der Waals surface area contributed by atoms with E-state index in [1.807, 2.05) is 0 Å². The minimum atomic E-state index is -0.664. The van der Waals surface area contributed by atoms with Gasteiger partial charge in [0.05, 0.1) is 0 Å². The number of piperidine rings is 1. The van der Waals surface area contributed by atoms with Gasteiger partial charge in [0.15, 0.2) is 0 Å². The van der Waals surface area contributed by atoms with Gasteiger partial charge in [-0.25, -0.2) is 4.79 Å². The van der Waals surface area contributed by atoms with Crippen LogP contribution in [0.15, 0.2) is 0 Å². The Bertz CT molecular complexity index is 334. The van der Waals surface area contributed by atoms with Gasteiger partial charge in [-0.1, -0.05) is 6.42 Å². The molecule has 2 aliphatic heterocycles. The van der Waals surface area contributed by atoms with Crippen molar-refractivity contribution in [2.45, 2.75) is 50.7 Å². The minimum Gasteiger partial charge on any atom is -0.352 e. The van der Waals surface area contributed by atoms with Crippen molar-refractivity contribution in [1.29, 1.82) is 0 Å². The molecule has 2 saturated heterocycles. The third kappa shape index (κ3) is 2.93. The van der Waals surface area contributed by atoms with Gasteiger partial charge < -0.3 is 16.4 Å². The van der Waals surface area contributed by atoms with Crippen LogP contribution < -0.4 is 16.4 Å². The van der Waals surface area contributed by atoms with Crippen LogP contribution in [-0.4, -0.2) is 48.1 Å². The molecule has 6 heteroatoms. The normalized spacial score (nSPS) is 29.4. The van der Waals surface area contributed by atoms with Gasteiger partial charge in [0.25, 0.3) is 0 Å². The van der Waals surface area contributed by atoms with Gasteiger partial charge in [-0.05, 0) is 32.7 Å². The molecule has 4 N–H and O–H groups in total. The molecular formula is C12H22N4O2. The Hall–Kier alpha value is -1.30. The first kappa shape index (κ1) is 13.1. The molecule has 0 aromatic heterocycles. The van der Waals surface area contributed by atoms with E-state index in [1.165, 1.54) is 12.8 Å². The Morgan fingerprint density at radius 3 is 2.78 bits per heavy atom. The molecule has 3 atom stereocenters. The molecule has 0 aliphatic carbocycles. The highest BCUT2D eigenvalue weighted by Crippen LogP contribution is 2.27. The lowest BCUT2D eigenvalue weighted by Crippen LogP contribution is -2.53. The summed E-state index contributed by atoms with van der Waals surface area (Å²) >= 11 is 0. The van der Waals surface area contributed by atoms with Crippen molar-refractivity contribution in [2.75, 3.05) is 13.1 Å². The van der Waals surface area contributed by atoms with Crippen LogP contribution in [0.1, 0.15) is 32.6 Å². The molecular weight excluding hydrogens is 232 g/mol. The molecule has 2 rings (SSSR count). The van der Waals surface area contributed by atoms with E-state index in [0.29, 0.717) is 6.04 Å². The predicted molar refractivity (Wildman–Crippen MR) is 67.9 cm³/mol. The van der Waals surface area contributed by atoms with Crippen LogP contribution in [0.3, 0.4) is 0 Å². The maximum absolute atomic E-state index is 11.9. The second-order valence-electron chi connectivity index (χ2n) is 5.23. The van der Waals surface area contributed by atoms with Gasteiger partial charge >= 0.3 is 6.03 Å². The summed E-state index contributed by atoms with van der Waals surface area (Å²) in [6, 6.07) is -0.540. The van der Waals surface area contributed by atoms with E-state index in [4.69, 9.17) is 5.73 Å². The van der Waals surface area contributed by atoms with Crippen LogP contribution in [0.4, 0.5) is 4.79 Å². The zero-order chi connectivity index (χ0) is 13.1. The summed E-state index contributed by atoms with van der Waals surface area (Å²) in [5.74, 6) is -0.147. The summed E-state index contributed by atoms with van der Waals surface area (Å²) in [5.41, 5.74) is 5.01. The Kier molecular flexibility index (Phi) is 4.06. The number of hydrogen-bond acceptors (Lipinski definition) is 3. The molecule has 18 heavy (non-hydrogen) atoms. The summed E-state index contributed by atoms with van der Waals surface area (Å²) in [7, 11) is 0. The van der Waals surface area contributed by atoms with E-state index in [9.17, 15) is 9.59 Å². The first-order chi connectivity index (χ1) is 8.58. The fourth-order valence-corrected chi connectivity index (χ4v) is 3.00. The van der Waals surface area contributed by atoms with E-state index in [1.54, 1.807) is 6.92 Å². The summed E-state index contributed by atoms with van der Waals surface area (Å²) < 4.78 is 0. The number of nitrogens with one attached hydrogen (secondary N) is 2. The molecule has 0 spiro atoms. The van der Waals surface area contributed by atoms with Crippen molar-refractivity contribution in [3.63, 3.8) is 0 Å². The lowest BCUT2D eigenvalue weighted by molar-refractivity contribution is -0.123. The second kappa shape index (κ2) is 5.56. The van der Waals surface area contributed by atoms with Gasteiger partial charge in [0.2, 0.25) is 5.91 Å². The number of primary amides is 1. The summed E-state index contributed by atoms with van der Waals surface area (Å²) in [4.78, 5) is 25.1. The Balaban J connectivity index is 1.85. The van der Waals surface area contributed by atoms with E-state index in [-0.39, 0.29) is 11.9 Å². The first-order valence-corrected chi connectivity index (χ1v) is 6.68. The van der Waals surface area contributed by atoms with Crippen LogP contribution >= 0.6 is 0 Å². The number of carbonyl (C=O) groups excluding carboxylic acids is 2. The molecule has 2 fully saturated rings. The number of rotatable bonds is 3. The molecule has 2 heterocycles. The van der Waals surface area contributed by atoms with Gasteiger partial charge in [0, 0.05) is 18.6 Å². The molecule has 3 unspecified atom stereocenters. The van der Waals surface area contributed by atoms with Crippen molar-refractivity contribution >= 4 is 11.9 Å². The van der Waals surface area contributed by atoms with Crippen LogP contribution in [0.5, 0.6) is 0 Å². The number of hydrogen-bond donors (Lipinski definition) is 3. The highest BCUT2D eigenvalue weighted by molar-refractivity contribution is 5.86. The van der Waals surface area contributed by atoms with Crippen LogP contribution in [0.25, 0.3) is 0 Å². The molecule has 0 aromatic carbocycles. The van der Waals surface area contributed by atoms with Gasteiger partial charge in [0.1, 0.15) is 6.04 Å². The van der Waals surface area contributed by atoms with Crippen molar-refractivity contribution in [3.8, 4) is 0 Å². The smallest absolute Gasteiger partial charge is 0.312 e. The fraction of sp³-hybridized carbons (Fsp3) is 0.833. The first-order valence-electron chi connectivity index (χ1n) is 6.68. The molecule has 3 amide bonds. The van der Waals surface area contributed by atoms with E-state index in [0.717, 1.165) is 25.9 Å². The highest BCUT2D eigenvalue weighted by atomic mass is 16.2. The Labute approximate surface area is 107 Å². The van der Waals surface area contributed by atoms with Crippen molar-refractivity contribution < 1.29 is 9.59 Å². The fourth-order valence-electron chi connectivity index (χ4n) is 3.00. The van der Waals surface area contributed by atoms with Gasteiger partial charge in [-0.2, -0.15) is 0 Å². The number of fused-ring (bicyclic) bond motifs is 1. The van der Waals surface area contributed by atoms with Crippen LogP contribution in [-0.2, 0) is 4.79 Å². The molecule has 0 radical (unpaired) electrons. The van der Waals surface area contributed by atoms with Gasteiger partial charge in [-0.15, -0.1) is 0 Å². The number of carbonyl (C=O) groups is 2. The highest BCUT2D eigenvalue weighted by Gasteiger charge is 2.36. The van der Waals surface area contributed by atoms with Gasteiger partial charge in [-0.3, -0.25) is 9.69 Å². The minimum absolute atomic E-state index is 0.147. The monoisotopic (exact) mass is 254 g/mol. The van der Waals surface area contributed by atoms with Crippen molar-refractivity contribution in [2.24, 2.45) is 5.73 Å². The molecule has 6 nitrogen and oxygen atoms in total. The van der Waals surface area contributed by atoms with Crippen molar-refractivity contribution in [1.82, 2.24) is 15.5 Å². The summed E-state index contributed by atoms with van der Waals surface area (Å²) in [5, 5.41) is 5.43. The Morgan fingerprint density at radius 1 is 1.28 bits per heavy atom. The Morgan fingerprint density at radius 2 is 2.06 bits per heavy atom. The third-order valence-electron chi connectivity index (χ3n) is 3.94. The standard InChI is InChI=1S/C12H22N4O2/c1-8(14-12(13)18)11(17)15-9-5-7-16-6-3-2-4-10(9)16/h8-10H,2-7H2,1H3,(H,15,17)(H3,13,14,18). The van der Waals surface area contributed by atoms with E-state index < -0.39 is 12.1 Å². The number of nitrogens with zero attached hydrogens (tertiary/aromatic N) is 1. The van der Waals surface area contributed by atoms with E-state index >= 15 is 0 Å². The zero-order valence-corrected chi connectivity index (χ0v) is 10.8. The lowest BCUT2D eigenvalue weighted by Gasteiger charge is -2.32. The third-order valence-corrected chi connectivity index (χ3v) is 3.94. The second-order valence-corrected chi connectivity index (χ2v) is 5.23.